The zero-order valence-corrected chi connectivity index (χ0v) is 13.1. The predicted molar refractivity (Wildman–Crippen MR) is 77.6 cm³/mol. The molecular weight excluding hydrogens is 344 g/mol. The van der Waals surface area contributed by atoms with Crippen molar-refractivity contribution in [2.45, 2.75) is 35.7 Å². The van der Waals surface area contributed by atoms with Crippen molar-refractivity contribution < 1.29 is 22.1 Å². The van der Waals surface area contributed by atoms with E-state index in [0.29, 0.717) is 12.8 Å². The maximum absolute atomic E-state index is 13.9. The third kappa shape index (κ3) is 4.05. The summed E-state index contributed by atoms with van der Waals surface area (Å²) in [7, 11) is 0. The second-order valence-corrected chi connectivity index (χ2v) is 7.28. The van der Waals surface area contributed by atoms with E-state index in [1.807, 2.05) is 0 Å². The maximum Gasteiger partial charge on any atom is 0.433 e. The molecule has 3 nitrogen and oxygen atoms in total. The van der Waals surface area contributed by atoms with E-state index < -0.39 is 33.8 Å². The number of nitrogens with zero attached hydrogens (tertiary/aromatic N) is 1. The van der Waals surface area contributed by atoms with Crippen LogP contribution in [0.4, 0.5) is 23.2 Å². The second kappa shape index (κ2) is 5.90. The van der Waals surface area contributed by atoms with Crippen LogP contribution in [-0.4, -0.2) is 27.2 Å². The Morgan fingerprint density at radius 1 is 1.45 bits per heavy atom. The molecule has 1 aromatic carbocycles. The quantitative estimate of drug-likeness (QED) is 0.295. The van der Waals surface area contributed by atoms with Crippen LogP contribution >= 0.6 is 11.6 Å². The van der Waals surface area contributed by atoms with Crippen LogP contribution in [0.2, 0.25) is 0 Å². The molecule has 0 spiro atoms. The van der Waals surface area contributed by atoms with Crippen molar-refractivity contribution in [1.82, 2.24) is 0 Å². The van der Waals surface area contributed by atoms with Gasteiger partial charge in [-0.3, -0.25) is 0 Å². The van der Waals surface area contributed by atoms with Crippen molar-refractivity contribution in [3.05, 3.63) is 23.5 Å². The van der Waals surface area contributed by atoms with E-state index in [1.54, 1.807) is 0 Å². The summed E-state index contributed by atoms with van der Waals surface area (Å²) >= 11 is 3.69. The van der Waals surface area contributed by atoms with Crippen molar-refractivity contribution in [2.24, 2.45) is 10.7 Å². The van der Waals surface area contributed by atoms with Gasteiger partial charge in [0.15, 0.2) is 4.90 Å². The molecule has 1 saturated carbocycles. The van der Waals surface area contributed by atoms with Gasteiger partial charge in [0.1, 0.15) is 22.2 Å². The SMILES string of the molecule is Cc1cc(F)c(/N=C(\N)C2(Cl)CC2)cc1[S+]([O-])CC(F)(F)F. The maximum atomic E-state index is 13.9. The second-order valence-electron chi connectivity index (χ2n) is 5.14. The van der Waals surface area contributed by atoms with E-state index in [1.165, 1.54) is 6.92 Å². The molecule has 9 heteroatoms. The van der Waals surface area contributed by atoms with Gasteiger partial charge in [-0.05, 0) is 37.0 Å². The summed E-state index contributed by atoms with van der Waals surface area (Å²) in [5.74, 6) is -2.25. The summed E-state index contributed by atoms with van der Waals surface area (Å²) in [6.45, 7) is 1.38. The van der Waals surface area contributed by atoms with Crippen molar-refractivity contribution in [1.29, 1.82) is 0 Å². The highest BCUT2D eigenvalue weighted by Gasteiger charge is 2.45. The van der Waals surface area contributed by atoms with Gasteiger partial charge in [0, 0.05) is 11.6 Å². The van der Waals surface area contributed by atoms with E-state index in [0.717, 1.165) is 12.1 Å². The lowest BCUT2D eigenvalue weighted by Gasteiger charge is -2.15. The largest absolute Gasteiger partial charge is 0.611 e. The molecule has 1 aromatic rings. The van der Waals surface area contributed by atoms with E-state index in [-0.39, 0.29) is 22.0 Å². The Morgan fingerprint density at radius 3 is 2.55 bits per heavy atom. The molecule has 0 aromatic heterocycles. The molecular formula is C13H13ClF4N2OS. The van der Waals surface area contributed by atoms with Crippen LogP contribution in [0.25, 0.3) is 0 Å². The lowest BCUT2D eigenvalue weighted by molar-refractivity contribution is -0.106. The van der Waals surface area contributed by atoms with Gasteiger partial charge in [-0.2, -0.15) is 13.2 Å². The number of aryl methyl sites for hydroxylation is 1. The van der Waals surface area contributed by atoms with E-state index >= 15 is 0 Å². The highest BCUT2D eigenvalue weighted by molar-refractivity contribution is 7.91. The molecule has 0 aliphatic heterocycles. The Morgan fingerprint density at radius 2 is 2.05 bits per heavy atom. The van der Waals surface area contributed by atoms with Gasteiger partial charge < -0.3 is 10.3 Å². The molecule has 0 bridgehead atoms. The van der Waals surface area contributed by atoms with Gasteiger partial charge >= 0.3 is 6.18 Å². The van der Waals surface area contributed by atoms with Crippen molar-refractivity contribution >= 4 is 34.3 Å². The zero-order valence-electron chi connectivity index (χ0n) is 11.5. The molecule has 0 saturated heterocycles. The monoisotopic (exact) mass is 356 g/mol. The first-order valence-corrected chi connectivity index (χ1v) is 8.00. The standard InChI is InChI=1S/C13H13ClF4N2OS/c1-7-4-8(15)9(20-11(19)12(14)2-3-12)5-10(7)22(21)6-13(16,17)18/h4-5H,2-3,6H2,1H3,(H2,19,20). The fraction of sp³-hybridized carbons (Fsp3) is 0.462. The Kier molecular flexibility index (Phi) is 4.66. The molecule has 0 heterocycles. The number of amidine groups is 1. The summed E-state index contributed by atoms with van der Waals surface area (Å²) in [4.78, 5) is 2.92. The first-order chi connectivity index (χ1) is 10.0. The van der Waals surface area contributed by atoms with E-state index in [4.69, 9.17) is 17.3 Å². The minimum atomic E-state index is -4.58. The topological polar surface area (TPSA) is 61.4 Å². The molecule has 1 fully saturated rings. The number of benzene rings is 1. The van der Waals surface area contributed by atoms with Gasteiger partial charge in [0.2, 0.25) is 5.75 Å². The molecule has 1 unspecified atom stereocenters. The minimum absolute atomic E-state index is 0.00414. The van der Waals surface area contributed by atoms with Crippen LogP contribution in [0.5, 0.6) is 0 Å². The molecule has 1 aliphatic carbocycles. The highest BCUT2D eigenvalue weighted by Crippen LogP contribution is 2.43. The summed E-state index contributed by atoms with van der Waals surface area (Å²) in [6.07, 6.45) is -3.38. The molecule has 2 N–H and O–H groups in total. The van der Waals surface area contributed by atoms with Crippen LogP contribution < -0.4 is 5.73 Å². The first-order valence-electron chi connectivity index (χ1n) is 6.31. The third-order valence-electron chi connectivity index (χ3n) is 3.17. The molecule has 0 radical (unpaired) electrons. The molecule has 0 amide bonds. The van der Waals surface area contributed by atoms with Gasteiger partial charge in [0.05, 0.1) is 0 Å². The number of alkyl halides is 4. The van der Waals surface area contributed by atoms with Crippen molar-refractivity contribution in [3.63, 3.8) is 0 Å². The lowest BCUT2D eigenvalue weighted by atomic mass is 10.2. The molecule has 1 aliphatic rings. The Bertz CT molecular complexity index is 617. The average molecular weight is 357 g/mol. The number of hydrogen-bond donors (Lipinski definition) is 1. The lowest BCUT2D eigenvalue weighted by Crippen LogP contribution is -2.25. The third-order valence-corrected chi connectivity index (χ3v) is 5.26. The van der Waals surface area contributed by atoms with Crippen LogP contribution in [0.3, 0.4) is 0 Å². The van der Waals surface area contributed by atoms with Crippen LogP contribution in [0.15, 0.2) is 22.0 Å². The van der Waals surface area contributed by atoms with E-state index in [9.17, 15) is 22.1 Å². The number of rotatable bonds is 4. The van der Waals surface area contributed by atoms with Crippen LogP contribution in [-0.2, 0) is 11.2 Å². The van der Waals surface area contributed by atoms with E-state index in [2.05, 4.69) is 4.99 Å². The van der Waals surface area contributed by atoms with Crippen molar-refractivity contribution in [3.8, 4) is 0 Å². The minimum Gasteiger partial charge on any atom is -0.611 e. The average Bonchev–Trinajstić information content (AvgIpc) is 3.09. The molecule has 122 valence electrons. The molecule has 22 heavy (non-hydrogen) atoms. The fourth-order valence-corrected chi connectivity index (χ4v) is 3.05. The molecule has 1 atom stereocenters. The summed E-state index contributed by atoms with van der Waals surface area (Å²) in [5, 5.41) is 0. The number of nitrogens with two attached hydrogens (primary N) is 1. The summed E-state index contributed by atoms with van der Waals surface area (Å²) in [6, 6.07) is 2.02. The smallest absolute Gasteiger partial charge is 0.433 e. The highest BCUT2D eigenvalue weighted by atomic mass is 35.5. The normalized spacial score (nSPS) is 19.1. The Balaban J connectivity index is 2.35. The number of hydrogen-bond acceptors (Lipinski definition) is 2. The Labute approximate surface area is 132 Å². The fourth-order valence-electron chi connectivity index (χ4n) is 1.80. The number of halogens is 5. The van der Waals surface area contributed by atoms with Crippen LogP contribution in [0, 0.1) is 12.7 Å². The number of aliphatic imine (C=N–C) groups is 1. The Hall–Kier alpha value is -0.990. The molecule has 2 rings (SSSR count). The predicted octanol–water partition coefficient (Wildman–Crippen LogP) is 3.56. The van der Waals surface area contributed by atoms with Crippen molar-refractivity contribution in [2.75, 3.05) is 5.75 Å². The van der Waals surface area contributed by atoms with Gasteiger partial charge in [-0.1, -0.05) is 0 Å². The summed E-state index contributed by atoms with van der Waals surface area (Å²) in [5.41, 5.74) is 5.57. The van der Waals surface area contributed by atoms with Gasteiger partial charge in [-0.15, -0.1) is 11.6 Å². The van der Waals surface area contributed by atoms with Gasteiger partial charge in [-0.25, -0.2) is 9.38 Å². The van der Waals surface area contributed by atoms with Gasteiger partial charge in [0.25, 0.3) is 0 Å². The first kappa shape index (κ1) is 17.4. The zero-order chi connectivity index (χ0) is 16.7. The summed E-state index contributed by atoms with van der Waals surface area (Å²) < 4.78 is 62.7. The van der Waals surface area contributed by atoms with Crippen LogP contribution in [0.1, 0.15) is 18.4 Å².